The van der Waals surface area contributed by atoms with Crippen LogP contribution in [0.3, 0.4) is 0 Å². The highest BCUT2D eigenvalue weighted by molar-refractivity contribution is 5.92. The van der Waals surface area contributed by atoms with E-state index in [-0.39, 0.29) is 17.6 Å². The number of carbonyl (C=O) groups excluding carboxylic acids is 1. The van der Waals surface area contributed by atoms with Gasteiger partial charge in [-0.2, -0.15) is 0 Å². The summed E-state index contributed by atoms with van der Waals surface area (Å²) in [7, 11) is 0. The molecule has 0 bridgehead atoms. The third-order valence-corrected chi connectivity index (χ3v) is 1.88. The van der Waals surface area contributed by atoms with Crippen LogP contribution in [0.1, 0.15) is 26.3 Å². The summed E-state index contributed by atoms with van der Waals surface area (Å²) in [5.41, 5.74) is 0.698. The molecule has 0 fully saturated rings. The summed E-state index contributed by atoms with van der Waals surface area (Å²) in [5, 5.41) is 9.66. The van der Waals surface area contributed by atoms with Crippen molar-refractivity contribution in [1.82, 2.24) is 0 Å². The molecule has 0 aliphatic rings. The van der Waals surface area contributed by atoms with Crippen LogP contribution in [0.2, 0.25) is 0 Å². The highest BCUT2D eigenvalue weighted by atomic mass is 16.5. The zero-order valence-corrected chi connectivity index (χ0v) is 9.73. The lowest BCUT2D eigenvalue weighted by Crippen LogP contribution is -2.06. The molecular weight excluding hydrogens is 204 g/mol. The number of allylic oxidation sites excluding steroid dienone is 1. The van der Waals surface area contributed by atoms with Crippen molar-refractivity contribution < 1.29 is 14.6 Å². The second-order valence-electron chi connectivity index (χ2n) is 3.81. The molecule has 0 amide bonds. The van der Waals surface area contributed by atoms with Gasteiger partial charge in [-0.15, -0.1) is 0 Å². The molecule has 1 rings (SSSR count). The van der Waals surface area contributed by atoms with E-state index in [1.807, 2.05) is 13.8 Å². The smallest absolute Gasteiger partial charge is 0.168 e. The van der Waals surface area contributed by atoms with Crippen LogP contribution in [0, 0.1) is 0 Å². The molecule has 3 nitrogen and oxygen atoms in total. The fraction of sp³-hybridized carbons (Fsp3) is 0.308. The Balaban J connectivity index is 3.07. The Labute approximate surface area is 95.4 Å². The lowest BCUT2D eigenvalue weighted by atomic mass is 10.1. The minimum absolute atomic E-state index is 0.0298. The lowest BCUT2D eigenvalue weighted by Gasteiger charge is -2.13. The molecule has 0 heterocycles. The largest absolute Gasteiger partial charge is 0.504 e. The monoisotopic (exact) mass is 220 g/mol. The Morgan fingerprint density at radius 1 is 1.44 bits per heavy atom. The SMILES string of the molecule is CC(=O)/C=C/c1cccc(O)c1OC(C)C. The van der Waals surface area contributed by atoms with Crippen LogP contribution in [-0.2, 0) is 4.79 Å². The fourth-order valence-corrected chi connectivity index (χ4v) is 1.24. The third kappa shape index (κ3) is 3.42. The van der Waals surface area contributed by atoms with Gasteiger partial charge in [0.05, 0.1) is 6.10 Å². The van der Waals surface area contributed by atoms with Gasteiger partial charge in [0.2, 0.25) is 0 Å². The number of phenols is 1. The maximum Gasteiger partial charge on any atom is 0.168 e. The first-order valence-electron chi connectivity index (χ1n) is 5.18. The molecule has 0 saturated carbocycles. The quantitative estimate of drug-likeness (QED) is 0.793. The van der Waals surface area contributed by atoms with E-state index in [1.54, 1.807) is 24.3 Å². The van der Waals surface area contributed by atoms with E-state index in [4.69, 9.17) is 4.74 Å². The van der Waals surface area contributed by atoms with Crippen LogP contribution in [0.5, 0.6) is 11.5 Å². The van der Waals surface area contributed by atoms with Crippen molar-refractivity contribution in [3.8, 4) is 11.5 Å². The van der Waals surface area contributed by atoms with Gasteiger partial charge in [-0.05, 0) is 39.0 Å². The van der Waals surface area contributed by atoms with E-state index in [2.05, 4.69) is 0 Å². The van der Waals surface area contributed by atoms with E-state index >= 15 is 0 Å². The van der Waals surface area contributed by atoms with E-state index in [0.717, 1.165) is 0 Å². The summed E-state index contributed by atoms with van der Waals surface area (Å²) in [6.07, 6.45) is 3.06. The Bertz CT molecular complexity index is 406. The van der Waals surface area contributed by atoms with Gasteiger partial charge in [0.25, 0.3) is 0 Å². The molecule has 0 radical (unpaired) electrons. The van der Waals surface area contributed by atoms with Crippen LogP contribution in [0.4, 0.5) is 0 Å². The highest BCUT2D eigenvalue weighted by Crippen LogP contribution is 2.31. The molecule has 0 atom stereocenters. The normalized spacial score (nSPS) is 11.0. The van der Waals surface area contributed by atoms with Gasteiger partial charge in [0, 0.05) is 5.56 Å². The zero-order valence-electron chi connectivity index (χ0n) is 9.73. The standard InChI is InChI=1S/C13H16O3/c1-9(2)16-13-11(8-7-10(3)14)5-4-6-12(13)15/h4-9,15H,1-3H3/b8-7+. The Hall–Kier alpha value is -1.77. The number of ether oxygens (including phenoxy) is 1. The molecule has 0 saturated heterocycles. The Morgan fingerprint density at radius 3 is 2.69 bits per heavy atom. The summed E-state index contributed by atoms with van der Waals surface area (Å²) < 4.78 is 5.50. The second-order valence-corrected chi connectivity index (χ2v) is 3.81. The van der Waals surface area contributed by atoms with Crippen LogP contribution in [0.15, 0.2) is 24.3 Å². The number of hydrogen-bond acceptors (Lipinski definition) is 3. The number of phenolic OH excluding ortho intramolecular Hbond substituents is 1. The first kappa shape index (κ1) is 12.3. The van der Waals surface area contributed by atoms with Crippen molar-refractivity contribution in [2.75, 3.05) is 0 Å². The van der Waals surface area contributed by atoms with Crippen molar-refractivity contribution in [2.45, 2.75) is 26.9 Å². The van der Waals surface area contributed by atoms with Crippen molar-refractivity contribution in [3.63, 3.8) is 0 Å². The van der Waals surface area contributed by atoms with Gasteiger partial charge in [-0.25, -0.2) is 0 Å². The topological polar surface area (TPSA) is 46.5 Å². The van der Waals surface area contributed by atoms with Crippen molar-refractivity contribution in [3.05, 3.63) is 29.8 Å². The average molecular weight is 220 g/mol. The average Bonchev–Trinajstić information content (AvgIpc) is 2.18. The molecule has 0 aliphatic heterocycles. The van der Waals surface area contributed by atoms with Gasteiger partial charge < -0.3 is 9.84 Å². The van der Waals surface area contributed by atoms with E-state index in [0.29, 0.717) is 11.3 Å². The minimum atomic E-state index is -0.0427. The fourth-order valence-electron chi connectivity index (χ4n) is 1.24. The van der Waals surface area contributed by atoms with Crippen molar-refractivity contribution >= 4 is 11.9 Å². The molecule has 0 aliphatic carbocycles. The van der Waals surface area contributed by atoms with Gasteiger partial charge in [-0.1, -0.05) is 12.1 Å². The van der Waals surface area contributed by atoms with E-state index in [1.165, 1.54) is 13.0 Å². The predicted octanol–water partition coefficient (Wildman–Crippen LogP) is 2.78. The summed E-state index contributed by atoms with van der Waals surface area (Å²) in [5.74, 6) is 0.452. The number of rotatable bonds is 4. The molecule has 86 valence electrons. The summed E-state index contributed by atoms with van der Waals surface area (Å²) in [6, 6.07) is 5.06. The first-order valence-corrected chi connectivity index (χ1v) is 5.18. The first-order chi connectivity index (χ1) is 7.50. The zero-order chi connectivity index (χ0) is 12.1. The van der Waals surface area contributed by atoms with Crippen LogP contribution >= 0.6 is 0 Å². The number of aromatic hydroxyl groups is 1. The number of benzene rings is 1. The van der Waals surface area contributed by atoms with Gasteiger partial charge in [-0.3, -0.25) is 4.79 Å². The minimum Gasteiger partial charge on any atom is -0.504 e. The van der Waals surface area contributed by atoms with Gasteiger partial charge >= 0.3 is 0 Å². The number of ketones is 1. The molecule has 0 aromatic heterocycles. The Morgan fingerprint density at radius 2 is 2.12 bits per heavy atom. The molecule has 0 unspecified atom stereocenters. The summed E-state index contributed by atoms with van der Waals surface area (Å²) in [4.78, 5) is 10.8. The summed E-state index contributed by atoms with van der Waals surface area (Å²) >= 11 is 0. The molecule has 1 aromatic rings. The molecule has 3 heteroatoms. The van der Waals surface area contributed by atoms with Gasteiger partial charge in [0.15, 0.2) is 17.3 Å². The number of carbonyl (C=O) groups is 1. The number of hydrogen-bond donors (Lipinski definition) is 1. The lowest BCUT2D eigenvalue weighted by molar-refractivity contribution is -0.112. The van der Waals surface area contributed by atoms with Crippen molar-refractivity contribution in [2.24, 2.45) is 0 Å². The molecule has 0 spiro atoms. The molecular formula is C13H16O3. The molecule has 1 aromatic carbocycles. The summed E-state index contributed by atoms with van der Waals surface area (Å²) in [6.45, 7) is 5.23. The molecule has 1 N–H and O–H groups in total. The van der Waals surface area contributed by atoms with E-state index in [9.17, 15) is 9.90 Å². The predicted molar refractivity (Wildman–Crippen MR) is 63.6 cm³/mol. The third-order valence-electron chi connectivity index (χ3n) is 1.88. The highest BCUT2D eigenvalue weighted by Gasteiger charge is 2.08. The maximum absolute atomic E-state index is 10.8. The van der Waals surface area contributed by atoms with Crippen LogP contribution in [-0.4, -0.2) is 17.0 Å². The number of para-hydroxylation sites is 1. The van der Waals surface area contributed by atoms with Crippen LogP contribution < -0.4 is 4.74 Å². The van der Waals surface area contributed by atoms with E-state index < -0.39 is 0 Å². The second kappa shape index (κ2) is 5.35. The Kier molecular flexibility index (Phi) is 4.11. The maximum atomic E-state index is 10.8. The van der Waals surface area contributed by atoms with Crippen LogP contribution in [0.25, 0.3) is 6.08 Å². The molecule has 16 heavy (non-hydrogen) atoms. The van der Waals surface area contributed by atoms with Crippen molar-refractivity contribution in [1.29, 1.82) is 0 Å². The van der Waals surface area contributed by atoms with Gasteiger partial charge in [0.1, 0.15) is 0 Å².